The summed E-state index contributed by atoms with van der Waals surface area (Å²) in [5, 5.41) is 0. The predicted octanol–water partition coefficient (Wildman–Crippen LogP) is 3.39. The first-order chi connectivity index (χ1) is 7.84. The van der Waals surface area contributed by atoms with Gasteiger partial charge in [-0.2, -0.15) is 0 Å². The molecule has 1 rings (SSSR count). The SMILES string of the molecule is Cc1ccc(C(=O)N(C(C)C)C(C)C)cc1F. The third kappa shape index (κ3) is 3.05. The van der Waals surface area contributed by atoms with Crippen molar-refractivity contribution in [3.05, 3.63) is 35.1 Å². The Morgan fingerprint density at radius 1 is 1.18 bits per heavy atom. The maximum atomic E-state index is 13.4. The van der Waals surface area contributed by atoms with Crippen LogP contribution in [0.25, 0.3) is 0 Å². The molecule has 0 saturated heterocycles. The molecule has 0 aliphatic carbocycles. The Bertz CT molecular complexity index is 405. The molecule has 0 aliphatic heterocycles. The lowest BCUT2D eigenvalue weighted by Gasteiger charge is -2.30. The topological polar surface area (TPSA) is 20.3 Å². The van der Waals surface area contributed by atoms with Gasteiger partial charge in [0.05, 0.1) is 0 Å². The van der Waals surface area contributed by atoms with Gasteiger partial charge in [-0.3, -0.25) is 4.79 Å². The van der Waals surface area contributed by atoms with Crippen molar-refractivity contribution in [3.63, 3.8) is 0 Å². The summed E-state index contributed by atoms with van der Waals surface area (Å²) >= 11 is 0. The standard InChI is InChI=1S/C14H20FNO/c1-9(2)16(10(3)4)14(17)12-7-6-11(5)13(15)8-12/h6-10H,1-5H3. The van der Waals surface area contributed by atoms with E-state index in [4.69, 9.17) is 0 Å². The van der Waals surface area contributed by atoms with Gasteiger partial charge in [-0.15, -0.1) is 0 Å². The molecule has 0 fully saturated rings. The minimum absolute atomic E-state index is 0.104. The van der Waals surface area contributed by atoms with Crippen molar-refractivity contribution in [1.29, 1.82) is 0 Å². The molecule has 17 heavy (non-hydrogen) atoms. The summed E-state index contributed by atoms with van der Waals surface area (Å²) in [5.41, 5.74) is 0.970. The van der Waals surface area contributed by atoms with Gasteiger partial charge in [-0.05, 0) is 52.3 Å². The van der Waals surface area contributed by atoms with Gasteiger partial charge in [0.1, 0.15) is 5.82 Å². The normalized spacial score (nSPS) is 11.1. The first-order valence-electron chi connectivity index (χ1n) is 5.93. The Morgan fingerprint density at radius 2 is 1.71 bits per heavy atom. The Morgan fingerprint density at radius 3 is 2.12 bits per heavy atom. The molecular weight excluding hydrogens is 217 g/mol. The Hall–Kier alpha value is -1.38. The number of nitrogens with zero attached hydrogens (tertiary/aromatic N) is 1. The fraction of sp³-hybridized carbons (Fsp3) is 0.500. The van der Waals surface area contributed by atoms with E-state index in [1.165, 1.54) is 6.07 Å². The van der Waals surface area contributed by atoms with Crippen molar-refractivity contribution in [2.24, 2.45) is 0 Å². The summed E-state index contributed by atoms with van der Waals surface area (Å²) in [6.45, 7) is 9.53. The van der Waals surface area contributed by atoms with E-state index in [1.54, 1.807) is 24.0 Å². The van der Waals surface area contributed by atoms with Gasteiger partial charge >= 0.3 is 0 Å². The third-order valence-electron chi connectivity index (χ3n) is 2.77. The van der Waals surface area contributed by atoms with Gasteiger partial charge in [0.2, 0.25) is 0 Å². The second-order valence-corrected chi connectivity index (χ2v) is 4.86. The van der Waals surface area contributed by atoms with E-state index in [1.807, 2.05) is 27.7 Å². The van der Waals surface area contributed by atoms with Gasteiger partial charge in [-0.1, -0.05) is 6.07 Å². The van der Waals surface area contributed by atoms with Crippen LogP contribution in [0.4, 0.5) is 4.39 Å². The van der Waals surface area contributed by atoms with Gasteiger partial charge in [0.25, 0.3) is 5.91 Å². The summed E-state index contributed by atoms with van der Waals surface area (Å²) < 4.78 is 13.4. The molecule has 0 N–H and O–H groups in total. The Balaban J connectivity index is 3.06. The van der Waals surface area contributed by atoms with Crippen LogP contribution in [0.2, 0.25) is 0 Å². The summed E-state index contributed by atoms with van der Waals surface area (Å²) in [4.78, 5) is 14.0. The van der Waals surface area contributed by atoms with E-state index in [0.717, 1.165) is 0 Å². The molecule has 0 bridgehead atoms. The molecular formula is C14H20FNO. The lowest BCUT2D eigenvalue weighted by Crippen LogP contribution is -2.42. The summed E-state index contributed by atoms with van der Waals surface area (Å²) in [5.74, 6) is -0.447. The Labute approximate surface area is 102 Å². The molecule has 94 valence electrons. The van der Waals surface area contributed by atoms with E-state index >= 15 is 0 Å². The molecule has 0 aliphatic rings. The molecule has 2 nitrogen and oxygen atoms in total. The number of halogens is 1. The molecule has 0 radical (unpaired) electrons. The van der Waals surface area contributed by atoms with Gasteiger partial charge in [0.15, 0.2) is 0 Å². The van der Waals surface area contributed by atoms with Crippen LogP contribution in [-0.4, -0.2) is 22.9 Å². The molecule has 0 spiro atoms. The molecule has 0 aromatic heterocycles. The zero-order chi connectivity index (χ0) is 13.2. The van der Waals surface area contributed by atoms with Gasteiger partial charge in [0, 0.05) is 17.6 Å². The predicted molar refractivity (Wildman–Crippen MR) is 67.6 cm³/mol. The number of rotatable bonds is 3. The quantitative estimate of drug-likeness (QED) is 0.789. The van der Waals surface area contributed by atoms with Crippen molar-refractivity contribution in [1.82, 2.24) is 4.90 Å². The number of benzene rings is 1. The van der Waals surface area contributed by atoms with Crippen LogP contribution in [0.5, 0.6) is 0 Å². The molecule has 3 heteroatoms. The van der Waals surface area contributed by atoms with Crippen LogP contribution < -0.4 is 0 Å². The highest BCUT2D eigenvalue weighted by molar-refractivity contribution is 5.94. The monoisotopic (exact) mass is 237 g/mol. The number of hydrogen-bond donors (Lipinski definition) is 0. The second kappa shape index (κ2) is 5.30. The first-order valence-corrected chi connectivity index (χ1v) is 5.93. The fourth-order valence-corrected chi connectivity index (χ4v) is 1.94. The van der Waals surface area contributed by atoms with Crippen LogP contribution in [0.1, 0.15) is 43.6 Å². The van der Waals surface area contributed by atoms with Crippen molar-refractivity contribution >= 4 is 5.91 Å². The highest BCUT2D eigenvalue weighted by atomic mass is 19.1. The minimum Gasteiger partial charge on any atom is -0.334 e. The molecule has 0 saturated carbocycles. The van der Waals surface area contributed by atoms with Crippen LogP contribution in [0.15, 0.2) is 18.2 Å². The minimum atomic E-state index is -0.330. The van der Waals surface area contributed by atoms with E-state index < -0.39 is 0 Å². The van der Waals surface area contributed by atoms with Crippen molar-refractivity contribution in [2.45, 2.75) is 46.7 Å². The lowest BCUT2D eigenvalue weighted by atomic mass is 10.1. The zero-order valence-corrected chi connectivity index (χ0v) is 11.1. The largest absolute Gasteiger partial charge is 0.334 e. The van der Waals surface area contributed by atoms with E-state index in [0.29, 0.717) is 11.1 Å². The lowest BCUT2D eigenvalue weighted by molar-refractivity contribution is 0.0643. The van der Waals surface area contributed by atoms with Crippen LogP contribution in [0.3, 0.4) is 0 Å². The summed E-state index contributed by atoms with van der Waals surface area (Å²) in [6, 6.07) is 4.84. The molecule has 1 amide bonds. The average molecular weight is 237 g/mol. The van der Waals surface area contributed by atoms with E-state index in [9.17, 15) is 9.18 Å². The maximum absolute atomic E-state index is 13.4. The van der Waals surface area contributed by atoms with Crippen molar-refractivity contribution < 1.29 is 9.18 Å². The molecule has 1 aromatic carbocycles. The number of hydrogen-bond acceptors (Lipinski definition) is 1. The van der Waals surface area contributed by atoms with Crippen LogP contribution in [0, 0.1) is 12.7 Å². The van der Waals surface area contributed by atoms with E-state index in [-0.39, 0.29) is 23.8 Å². The Kier molecular flexibility index (Phi) is 4.27. The van der Waals surface area contributed by atoms with Crippen molar-refractivity contribution in [2.75, 3.05) is 0 Å². The summed E-state index contributed by atoms with van der Waals surface area (Å²) in [6.07, 6.45) is 0. The van der Waals surface area contributed by atoms with Gasteiger partial charge < -0.3 is 4.90 Å². The number of carbonyl (C=O) groups excluding carboxylic acids is 1. The molecule has 0 atom stereocenters. The third-order valence-corrected chi connectivity index (χ3v) is 2.77. The smallest absolute Gasteiger partial charge is 0.254 e. The fourth-order valence-electron chi connectivity index (χ4n) is 1.94. The van der Waals surface area contributed by atoms with Crippen LogP contribution >= 0.6 is 0 Å². The first kappa shape index (κ1) is 13.7. The zero-order valence-electron chi connectivity index (χ0n) is 11.1. The molecule has 0 heterocycles. The number of amides is 1. The average Bonchev–Trinajstić information content (AvgIpc) is 2.20. The number of carbonyl (C=O) groups is 1. The molecule has 1 aromatic rings. The van der Waals surface area contributed by atoms with Gasteiger partial charge in [-0.25, -0.2) is 4.39 Å². The highest BCUT2D eigenvalue weighted by Crippen LogP contribution is 2.15. The maximum Gasteiger partial charge on any atom is 0.254 e. The molecule has 0 unspecified atom stereocenters. The highest BCUT2D eigenvalue weighted by Gasteiger charge is 2.21. The second-order valence-electron chi connectivity index (χ2n) is 4.86. The van der Waals surface area contributed by atoms with Crippen LogP contribution in [-0.2, 0) is 0 Å². The van der Waals surface area contributed by atoms with E-state index in [2.05, 4.69) is 0 Å². The summed E-state index contributed by atoms with van der Waals surface area (Å²) in [7, 11) is 0. The number of aryl methyl sites for hydroxylation is 1. The van der Waals surface area contributed by atoms with Crippen molar-refractivity contribution in [3.8, 4) is 0 Å².